The van der Waals surface area contributed by atoms with E-state index in [1.807, 2.05) is 60.3 Å². The van der Waals surface area contributed by atoms with Crippen molar-refractivity contribution in [3.05, 3.63) is 47.0 Å². The van der Waals surface area contributed by atoms with Crippen LogP contribution in [0.5, 0.6) is 5.75 Å². The quantitative estimate of drug-likeness (QED) is 0.626. The highest BCUT2D eigenvalue weighted by Gasteiger charge is 2.25. The lowest BCUT2D eigenvalue weighted by atomic mass is 10.1. The number of thiazole rings is 1. The molecule has 0 bridgehead atoms. The van der Waals surface area contributed by atoms with E-state index >= 15 is 0 Å². The Morgan fingerprint density at radius 3 is 2.41 bits per heavy atom. The van der Waals surface area contributed by atoms with E-state index in [0.717, 1.165) is 45.4 Å². The molecule has 1 aliphatic heterocycles. The highest BCUT2D eigenvalue weighted by molar-refractivity contribution is 7.22. The number of fused-ring (bicyclic) bond motifs is 1. The van der Waals surface area contributed by atoms with E-state index in [1.54, 1.807) is 18.4 Å². The summed E-state index contributed by atoms with van der Waals surface area (Å²) in [4.78, 5) is 23.7. The van der Waals surface area contributed by atoms with E-state index < -0.39 is 0 Å². The van der Waals surface area contributed by atoms with Gasteiger partial charge in [-0.25, -0.2) is 4.98 Å². The minimum atomic E-state index is 0.0731. The molecule has 152 valence electrons. The largest absolute Gasteiger partial charge is 0.494 e. The van der Waals surface area contributed by atoms with Crippen LogP contribution in [-0.2, 0) is 0 Å². The lowest BCUT2D eigenvalue weighted by Crippen LogP contribution is -2.48. The fraction of sp³-hybridized carbons (Fsp3) is 0.333. The smallest absolute Gasteiger partial charge is 0.253 e. The molecule has 0 saturated carbocycles. The Labute approximate surface area is 179 Å². The average Bonchev–Trinajstić information content (AvgIpc) is 3.20. The number of benzene rings is 2. The van der Waals surface area contributed by atoms with Crippen LogP contribution in [0.4, 0.5) is 10.8 Å². The highest BCUT2D eigenvalue weighted by atomic mass is 35.5. The van der Waals surface area contributed by atoms with Crippen molar-refractivity contribution < 1.29 is 9.53 Å². The van der Waals surface area contributed by atoms with Gasteiger partial charge in [-0.15, -0.1) is 0 Å². The van der Waals surface area contributed by atoms with Crippen LogP contribution in [0.1, 0.15) is 10.4 Å². The van der Waals surface area contributed by atoms with Gasteiger partial charge in [-0.3, -0.25) is 4.79 Å². The second-order valence-electron chi connectivity index (χ2n) is 7.14. The van der Waals surface area contributed by atoms with Gasteiger partial charge in [-0.1, -0.05) is 22.9 Å². The molecule has 2 heterocycles. The number of carbonyl (C=O) groups excluding carboxylic acids is 1. The third kappa shape index (κ3) is 3.84. The molecule has 0 N–H and O–H groups in total. The number of anilines is 2. The monoisotopic (exact) mass is 430 g/mol. The zero-order valence-corrected chi connectivity index (χ0v) is 18.3. The van der Waals surface area contributed by atoms with Crippen molar-refractivity contribution in [3.63, 3.8) is 0 Å². The van der Waals surface area contributed by atoms with Crippen LogP contribution >= 0.6 is 22.9 Å². The minimum Gasteiger partial charge on any atom is -0.494 e. The summed E-state index contributed by atoms with van der Waals surface area (Å²) in [5.74, 6) is 0.797. The summed E-state index contributed by atoms with van der Waals surface area (Å²) in [7, 11) is 5.61. The number of nitrogens with zero attached hydrogens (tertiary/aromatic N) is 4. The SMILES string of the molecule is COc1ccc(Cl)c2sc(N3CCN(C(=O)c4ccc(N(C)C)cc4)CC3)nc12. The van der Waals surface area contributed by atoms with Crippen molar-refractivity contribution >= 4 is 49.9 Å². The number of amides is 1. The average molecular weight is 431 g/mol. The fourth-order valence-corrected chi connectivity index (χ4v) is 4.73. The van der Waals surface area contributed by atoms with Crippen LogP contribution < -0.4 is 14.5 Å². The van der Waals surface area contributed by atoms with E-state index in [0.29, 0.717) is 18.1 Å². The van der Waals surface area contributed by atoms with Gasteiger partial charge in [0.2, 0.25) is 0 Å². The number of carbonyl (C=O) groups is 1. The zero-order chi connectivity index (χ0) is 20.5. The predicted molar refractivity (Wildman–Crippen MR) is 120 cm³/mol. The molecule has 1 saturated heterocycles. The van der Waals surface area contributed by atoms with Gasteiger partial charge in [-0.05, 0) is 36.4 Å². The number of aromatic nitrogens is 1. The minimum absolute atomic E-state index is 0.0731. The number of ether oxygens (including phenoxy) is 1. The van der Waals surface area contributed by atoms with E-state index in [4.69, 9.17) is 21.3 Å². The third-order valence-electron chi connectivity index (χ3n) is 5.14. The van der Waals surface area contributed by atoms with Crippen molar-refractivity contribution in [3.8, 4) is 5.75 Å². The Hall–Kier alpha value is -2.51. The van der Waals surface area contributed by atoms with Crippen molar-refractivity contribution in [2.24, 2.45) is 0 Å². The first-order chi connectivity index (χ1) is 14.0. The van der Waals surface area contributed by atoms with Crippen LogP contribution in [0.2, 0.25) is 5.02 Å². The van der Waals surface area contributed by atoms with Crippen molar-refractivity contribution in [2.45, 2.75) is 0 Å². The second kappa shape index (κ2) is 8.08. The fourth-order valence-electron chi connectivity index (χ4n) is 3.43. The summed E-state index contributed by atoms with van der Waals surface area (Å²) in [5, 5.41) is 1.59. The Bertz CT molecular complexity index is 1030. The van der Waals surface area contributed by atoms with E-state index in [2.05, 4.69) is 4.90 Å². The van der Waals surface area contributed by atoms with Crippen LogP contribution in [0.15, 0.2) is 36.4 Å². The molecule has 1 fully saturated rings. The first-order valence-electron chi connectivity index (χ1n) is 9.42. The molecule has 0 atom stereocenters. The van der Waals surface area contributed by atoms with Crippen LogP contribution in [0.3, 0.4) is 0 Å². The number of rotatable bonds is 4. The van der Waals surface area contributed by atoms with Crippen LogP contribution in [-0.4, -0.2) is 63.2 Å². The normalized spacial score (nSPS) is 14.3. The maximum absolute atomic E-state index is 12.8. The molecular weight excluding hydrogens is 408 g/mol. The van der Waals surface area contributed by atoms with Gasteiger partial charge in [0.05, 0.1) is 16.8 Å². The molecule has 0 spiro atoms. The number of methoxy groups -OCH3 is 1. The first-order valence-corrected chi connectivity index (χ1v) is 10.6. The molecule has 2 aromatic carbocycles. The van der Waals surface area contributed by atoms with Crippen molar-refractivity contribution in [1.29, 1.82) is 0 Å². The molecule has 3 aromatic rings. The predicted octanol–water partition coefficient (Wildman–Crippen LogP) is 3.99. The van der Waals surface area contributed by atoms with Crippen LogP contribution in [0.25, 0.3) is 10.2 Å². The molecule has 4 rings (SSSR count). The molecule has 0 radical (unpaired) electrons. The Morgan fingerprint density at radius 2 is 1.79 bits per heavy atom. The third-order valence-corrected chi connectivity index (χ3v) is 6.71. The summed E-state index contributed by atoms with van der Waals surface area (Å²) in [6, 6.07) is 11.4. The summed E-state index contributed by atoms with van der Waals surface area (Å²) >= 11 is 7.91. The van der Waals surface area contributed by atoms with E-state index in [1.165, 1.54) is 0 Å². The molecule has 1 amide bonds. The maximum atomic E-state index is 12.8. The van der Waals surface area contributed by atoms with Crippen molar-refractivity contribution in [2.75, 3.05) is 57.2 Å². The van der Waals surface area contributed by atoms with Gasteiger partial charge in [0.1, 0.15) is 11.3 Å². The maximum Gasteiger partial charge on any atom is 0.253 e. The van der Waals surface area contributed by atoms with Gasteiger partial charge in [0.15, 0.2) is 5.13 Å². The number of halogens is 1. The van der Waals surface area contributed by atoms with Gasteiger partial charge in [0.25, 0.3) is 5.91 Å². The summed E-state index contributed by atoms with van der Waals surface area (Å²) in [6.45, 7) is 2.80. The van der Waals surface area contributed by atoms with Gasteiger partial charge >= 0.3 is 0 Å². The van der Waals surface area contributed by atoms with E-state index in [-0.39, 0.29) is 5.91 Å². The van der Waals surface area contributed by atoms with Crippen LogP contribution in [0, 0.1) is 0 Å². The van der Waals surface area contributed by atoms with Gasteiger partial charge in [0, 0.05) is 51.5 Å². The molecular formula is C21H23ClN4O2S. The Kier molecular flexibility index (Phi) is 5.52. The lowest BCUT2D eigenvalue weighted by molar-refractivity contribution is 0.0747. The molecule has 0 aliphatic carbocycles. The molecule has 6 nitrogen and oxygen atoms in total. The van der Waals surface area contributed by atoms with Crippen molar-refractivity contribution in [1.82, 2.24) is 9.88 Å². The first kappa shape index (κ1) is 19.8. The molecule has 8 heteroatoms. The lowest BCUT2D eigenvalue weighted by Gasteiger charge is -2.34. The zero-order valence-electron chi connectivity index (χ0n) is 16.7. The number of hydrogen-bond donors (Lipinski definition) is 0. The highest BCUT2D eigenvalue weighted by Crippen LogP contribution is 2.38. The molecule has 1 aliphatic rings. The Balaban J connectivity index is 1.46. The number of hydrogen-bond acceptors (Lipinski definition) is 6. The molecule has 0 unspecified atom stereocenters. The molecule has 1 aromatic heterocycles. The summed E-state index contributed by atoms with van der Waals surface area (Å²) in [5.41, 5.74) is 2.59. The summed E-state index contributed by atoms with van der Waals surface area (Å²) < 4.78 is 6.35. The molecule has 29 heavy (non-hydrogen) atoms. The summed E-state index contributed by atoms with van der Waals surface area (Å²) in [6.07, 6.45) is 0. The van der Waals surface area contributed by atoms with Gasteiger partial charge < -0.3 is 19.4 Å². The second-order valence-corrected chi connectivity index (χ2v) is 8.53. The van der Waals surface area contributed by atoms with E-state index in [9.17, 15) is 4.79 Å². The topological polar surface area (TPSA) is 48.9 Å². The Morgan fingerprint density at radius 1 is 1.10 bits per heavy atom. The standard InChI is InChI=1S/C21H23ClN4O2S/c1-24(2)15-6-4-14(5-7-15)20(27)25-10-12-26(13-11-25)21-23-18-17(28-3)9-8-16(22)19(18)29-21/h4-9H,10-13H2,1-3H3. The number of piperazine rings is 1. The van der Waals surface area contributed by atoms with Gasteiger partial charge in [-0.2, -0.15) is 0 Å².